The predicted molar refractivity (Wildman–Crippen MR) is 56.6 cm³/mol. The van der Waals surface area contributed by atoms with Crippen molar-refractivity contribution in [3.8, 4) is 6.01 Å². The summed E-state index contributed by atoms with van der Waals surface area (Å²) in [6.07, 6.45) is 2.53. The molecule has 0 amide bonds. The SMILES string of the molecule is COCCCOc1ncc(CN)c(C)n1. The number of nitrogens with zero attached hydrogens (tertiary/aromatic N) is 2. The molecular formula is C10H17N3O2. The molecule has 0 atom stereocenters. The Morgan fingerprint density at radius 1 is 1.40 bits per heavy atom. The van der Waals surface area contributed by atoms with Gasteiger partial charge in [-0.05, 0) is 6.92 Å². The molecule has 0 aliphatic heterocycles. The summed E-state index contributed by atoms with van der Waals surface area (Å²) in [4.78, 5) is 8.24. The Bertz CT molecular complexity index is 305. The van der Waals surface area contributed by atoms with Crippen molar-refractivity contribution >= 4 is 0 Å². The molecule has 5 heteroatoms. The lowest BCUT2D eigenvalue weighted by Gasteiger charge is -2.06. The first-order valence-electron chi connectivity index (χ1n) is 4.92. The zero-order valence-electron chi connectivity index (χ0n) is 9.19. The van der Waals surface area contributed by atoms with Crippen molar-refractivity contribution in [2.45, 2.75) is 19.9 Å². The minimum Gasteiger partial charge on any atom is -0.463 e. The zero-order valence-corrected chi connectivity index (χ0v) is 9.19. The van der Waals surface area contributed by atoms with E-state index < -0.39 is 0 Å². The summed E-state index contributed by atoms with van der Waals surface area (Å²) in [5.41, 5.74) is 7.32. The molecule has 0 aliphatic carbocycles. The zero-order chi connectivity index (χ0) is 11.1. The maximum absolute atomic E-state index is 5.50. The van der Waals surface area contributed by atoms with Crippen molar-refractivity contribution in [1.29, 1.82) is 0 Å². The van der Waals surface area contributed by atoms with Crippen molar-refractivity contribution in [3.63, 3.8) is 0 Å². The second-order valence-corrected chi connectivity index (χ2v) is 3.16. The Balaban J connectivity index is 2.45. The minimum atomic E-state index is 0.404. The first-order valence-corrected chi connectivity index (χ1v) is 4.92. The van der Waals surface area contributed by atoms with Crippen LogP contribution in [0.25, 0.3) is 0 Å². The highest BCUT2D eigenvalue weighted by molar-refractivity contribution is 5.17. The monoisotopic (exact) mass is 211 g/mol. The Morgan fingerprint density at radius 3 is 2.80 bits per heavy atom. The third kappa shape index (κ3) is 3.81. The molecule has 0 saturated carbocycles. The number of hydrogen-bond donors (Lipinski definition) is 1. The van der Waals surface area contributed by atoms with Crippen LogP contribution in [0.1, 0.15) is 17.7 Å². The van der Waals surface area contributed by atoms with E-state index in [1.165, 1.54) is 0 Å². The van der Waals surface area contributed by atoms with E-state index in [0.29, 0.717) is 25.8 Å². The van der Waals surface area contributed by atoms with Gasteiger partial charge in [0.25, 0.3) is 0 Å². The van der Waals surface area contributed by atoms with Crippen molar-refractivity contribution in [1.82, 2.24) is 9.97 Å². The highest BCUT2D eigenvalue weighted by Crippen LogP contribution is 2.07. The molecule has 0 aliphatic rings. The van der Waals surface area contributed by atoms with E-state index in [-0.39, 0.29) is 0 Å². The lowest BCUT2D eigenvalue weighted by atomic mass is 10.2. The van der Waals surface area contributed by atoms with Crippen LogP contribution in [0.15, 0.2) is 6.20 Å². The molecule has 1 aromatic heterocycles. The van der Waals surface area contributed by atoms with Crippen LogP contribution in [0.3, 0.4) is 0 Å². The van der Waals surface area contributed by atoms with Crippen molar-refractivity contribution in [2.75, 3.05) is 20.3 Å². The molecule has 0 saturated heterocycles. The van der Waals surface area contributed by atoms with Crippen LogP contribution in [0.5, 0.6) is 6.01 Å². The van der Waals surface area contributed by atoms with Gasteiger partial charge in [0.2, 0.25) is 0 Å². The van der Waals surface area contributed by atoms with Gasteiger partial charge in [0.1, 0.15) is 0 Å². The van der Waals surface area contributed by atoms with Crippen LogP contribution in [-0.4, -0.2) is 30.3 Å². The first-order chi connectivity index (χ1) is 7.27. The molecule has 0 aromatic carbocycles. The fourth-order valence-corrected chi connectivity index (χ4v) is 1.11. The highest BCUT2D eigenvalue weighted by Gasteiger charge is 2.02. The Kier molecular flexibility index (Phi) is 5.00. The van der Waals surface area contributed by atoms with Crippen molar-refractivity contribution < 1.29 is 9.47 Å². The summed E-state index contributed by atoms with van der Waals surface area (Å²) < 4.78 is 10.2. The molecule has 1 rings (SSSR count). The fourth-order valence-electron chi connectivity index (χ4n) is 1.11. The normalized spacial score (nSPS) is 10.3. The van der Waals surface area contributed by atoms with Gasteiger partial charge >= 0.3 is 6.01 Å². The van der Waals surface area contributed by atoms with E-state index in [1.807, 2.05) is 6.92 Å². The van der Waals surface area contributed by atoms with Gasteiger partial charge in [-0.1, -0.05) is 0 Å². The molecule has 1 heterocycles. The molecule has 0 radical (unpaired) electrons. The lowest BCUT2D eigenvalue weighted by Crippen LogP contribution is -2.07. The number of hydrogen-bond acceptors (Lipinski definition) is 5. The predicted octanol–water partition coefficient (Wildman–Crippen LogP) is 0.659. The number of methoxy groups -OCH3 is 1. The summed E-state index contributed by atoms with van der Waals surface area (Å²) in [6, 6.07) is 0.404. The fraction of sp³-hybridized carbons (Fsp3) is 0.600. The third-order valence-corrected chi connectivity index (χ3v) is 2.00. The van der Waals surface area contributed by atoms with Crippen LogP contribution in [0.4, 0.5) is 0 Å². The molecule has 15 heavy (non-hydrogen) atoms. The number of rotatable bonds is 6. The van der Waals surface area contributed by atoms with Gasteiger partial charge in [0.05, 0.1) is 6.61 Å². The van der Waals surface area contributed by atoms with Gasteiger partial charge in [-0.3, -0.25) is 0 Å². The average Bonchev–Trinajstić information content (AvgIpc) is 2.25. The van der Waals surface area contributed by atoms with Crippen LogP contribution in [0, 0.1) is 6.92 Å². The van der Waals surface area contributed by atoms with Crippen LogP contribution in [-0.2, 0) is 11.3 Å². The number of nitrogens with two attached hydrogens (primary N) is 1. The molecule has 0 spiro atoms. The quantitative estimate of drug-likeness (QED) is 0.700. The maximum Gasteiger partial charge on any atom is 0.316 e. The average molecular weight is 211 g/mol. The summed E-state index contributed by atoms with van der Waals surface area (Å²) >= 11 is 0. The van der Waals surface area contributed by atoms with Gasteiger partial charge in [-0.15, -0.1) is 0 Å². The standard InChI is InChI=1S/C10H17N3O2/c1-8-9(6-11)7-12-10(13-8)15-5-3-4-14-2/h7H,3-6,11H2,1-2H3. The molecule has 0 fully saturated rings. The smallest absolute Gasteiger partial charge is 0.316 e. The van der Waals surface area contributed by atoms with E-state index in [2.05, 4.69) is 9.97 Å². The molecular weight excluding hydrogens is 194 g/mol. The molecule has 84 valence electrons. The number of ether oxygens (including phenoxy) is 2. The summed E-state index contributed by atoms with van der Waals surface area (Å²) in [7, 11) is 1.66. The second kappa shape index (κ2) is 6.31. The molecule has 0 unspecified atom stereocenters. The molecule has 2 N–H and O–H groups in total. The van der Waals surface area contributed by atoms with Gasteiger partial charge in [0, 0.05) is 44.1 Å². The van der Waals surface area contributed by atoms with Gasteiger partial charge < -0.3 is 15.2 Å². The van der Waals surface area contributed by atoms with Gasteiger partial charge in [-0.2, -0.15) is 0 Å². The van der Waals surface area contributed by atoms with Crippen LogP contribution >= 0.6 is 0 Å². The van der Waals surface area contributed by atoms with Gasteiger partial charge in [0.15, 0.2) is 0 Å². The molecule has 0 bridgehead atoms. The van der Waals surface area contributed by atoms with E-state index in [0.717, 1.165) is 17.7 Å². The van der Waals surface area contributed by atoms with Crippen LogP contribution in [0.2, 0.25) is 0 Å². The third-order valence-electron chi connectivity index (χ3n) is 2.00. The Labute approximate surface area is 89.6 Å². The summed E-state index contributed by atoms with van der Waals surface area (Å²) in [5.74, 6) is 0. The first kappa shape index (κ1) is 11.9. The van der Waals surface area contributed by atoms with Crippen LogP contribution < -0.4 is 10.5 Å². The topological polar surface area (TPSA) is 70.3 Å². The number of aromatic nitrogens is 2. The van der Waals surface area contributed by atoms with Crippen molar-refractivity contribution in [3.05, 3.63) is 17.5 Å². The van der Waals surface area contributed by atoms with E-state index in [9.17, 15) is 0 Å². The molecule has 5 nitrogen and oxygen atoms in total. The van der Waals surface area contributed by atoms with Gasteiger partial charge in [-0.25, -0.2) is 9.97 Å². The Hall–Kier alpha value is -1.20. The number of aryl methyl sites for hydroxylation is 1. The van der Waals surface area contributed by atoms with E-state index >= 15 is 0 Å². The van der Waals surface area contributed by atoms with E-state index in [1.54, 1.807) is 13.3 Å². The lowest BCUT2D eigenvalue weighted by molar-refractivity contribution is 0.168. The second-order valence-electron chi connectivity index (χ2n) is 3.16. The largest absolute Gasteiger partial charge is 0.463 e. The summed E-state index contributed by atoms with van der Waals surface area (Å²) in [6.45, 7) is 3.59. The van der Waals surface area contributed by atoms with E-state index in [4.69, 9.17) is 15.2 Å². The van der Waals surface area contributed by atoms with Crippen molar-refractivity contribution in [2.24, 2.45) is 5.73 Å². The maximum atomic E-state index is 5.50. The highest BCUT2D eigenvalue weighted by atomic mass is 16.5. The summed E-state index contributed by atoms with van der Waals surface area (Å²) in [5, 5.41) is 0. The minimum absolute atomic E-state index is 0.404. The Morgan fingerprint density at radius 2 is 2.20 bits per heavy atom. The molecule has 1 aromatic rings.